The maximum Gasteiger partial charge on any atom is 0.244 e. The van der Waals surface area contributed by atoms with Gasteiger partial charge in [0.15, 0.2) is 0 Å². The van der Waals surface area contributed by atoms with Crippen LogP contribution in [0.25, 0.3) is 16.6 Å². The molecule has 138 valence electrons. The zero-order valence-corrected chi connectivity index (χ0v) is 14.5. The van der Waals surface area contributed by atoms with Gasteiger partial charge in [-0.25, -0.2) is 17.9 Å². The van der Waals surface area contributed by atoms with Crippen LogP contribution in [0.4, 0.5) is 13.2 Å². The number of halogens is 4. The molecule has 0 spiro atoms. The molecular formula is C18H17ClF3N3O. The zero-order chi connectivity index (χ0) is 17.4. The molecule has 4 rings (SSSR count). The quantitative estimate of drug-likeness (QED) is 0.743. The van der Waals surface area contributed by atoms with Gasteiger partial charge in [-0.1, -0.05) is 6.07 Å². The zero-order valence-electron chi connectivity index (χ0n) is 13.7. The summed E-state index contributed by atoms with van der Waals surface area (Å²) in [6.07, 6.45) is 1.46. The number of nitrogens with one attached hydrogen (secondary N) is 1. The van der Waals surface area contributed by atoms with E-state index in [9.17, 15) is 13.2 Å². The fraction of sp³-hybridized carbons (Fsp3) is 0.278. The largest absolute Gasteiger partial charge is 0.473 e. The molecule has 0 unspecified atom stereocenters. The summed E-state index contributed by atoms with van der Waals surface area (Å²) < 4.78 is 49.2. The maximum atomic E-state index is 14.4. The number of hydrogen-bond acceptors (Lipinski definition) is 3. The third kappa shape index (κ3) is 3.37. The molecule has 1 aromatic heterocycles. The number of rotatable bonds is 3. The van der Waals surface area contributed by atoms with E-state index in [0.717, 1.165) is 44.1 Å². The second-order valence-corrected chi connectivity index (χ2v) is 6.01. The van der Waals surface area contributed by atoms with Crippen molar-refractivity contribution in [3.05, 3.63) is 53.8 Å². The van der Waals surface area contributed by atoms with Crippen LogP contribution in [0.5, 0.6) is 5.88 Å². The van der Waals surface area contributed by atoms with Crippen LogP contribution in [0.15, 0.2) is 36.4 Å². The molecule has 8 heteroatoms. The summed E-state index contributed by atoms with van der Waals surface area (Å²) in [4.78, 5) is 0. The lowest BCUT2D eigenvalue weighted by Gasteiger charge is -2.22. The Hall–Kier alpha value is -2.25. The van der Waals surface area contributed by atoms with Crippen LogP contribution in [0, 0.1) is 17.5 Å². The highest BCUT2D eigenvalue weighted by atomic mass is 35.5. The SMILES string of the molecule is Cl.Fc1ccc(F)c(-n2nc(OC3CCNCC3)c3c(F)cccc32)c1. The second-order valence-electron chi connectivity index (χ2n) is 6.01. The van der Waals surface area contributed by atoms with Crippen LogP contribution < -0.4 is 10.1 Å². The van der Waals surface area contributed by atoms with Gasteiger partial charge in [0.25, 0.3) is 0 Å². The van der Waals surface area contributed by atoms with Gasteiger partial charge in [-0.05, 0) is 50.2 Å². The molecule has 4 nitrogen and oxygen atoms in total. The fourth-order valence-electron chi connectivity index (χ4n) is 3.08. The summed E-state index contributed by atoms with van der Waals surface area (Å²) in [6.45, 7) is 1.62. The third-order valence-corrected chi connectivity index (χ3v) is 4.33. The van der Waals surface area contributed by atoms with Crippen molar-refractivity contribution in [2.45, 2.75) is 18.9 Å². The molecule has 0 amide bonds. The van der Waals surface area contributed by atoms with Crippen LogP contribution in [-0.4, -0.2) is 29.0 Å². The van der Waals surface area contributed by atoms with Crippen molar-refractivity contribution in [1.82, 2.24) is 15.1 Å². The number of fused-ring (bicyclic) bond motifs is 1. The Morgan fingerprint density at radius 2 is 1.81 bits per heavy atom. The van der Waals surface area contributed by atoms with Crippen molar-refractivity contribution >= 4 is 23.3 Å². The molecule has 2 heterocycles. The van der Waals surface area contributed by atoms with Crippen molar-refractivity contribution in [3.63, 3.8) is 0 Å². The first-order chi connectivity index (χ1) is 12.1. The molecule has 1 N–H and O–H groups in total. The Labute approximate surface area is 154 Å². The maximum absolute atomic E-state index is 14.4. The highest BCUT2D eigenvalue weighted by Gasteiger charge is 2.22. The average molecular weight is 384 g/mol. The summed E-state index contributed by atoms with van der Waals surface area (Å²) in [5, 5.41) is 7.64. The van der Waals surface area contributed by atoms with Crippen molar-refractivity contribution in [1.29, 1.82) is 0 Å². The number of nitrogens with zero attached hydrogens (tertiary/aromatic N) is 2. The van der Waals surface area contributed by atoms with E-state index in [1.54, 1.807) is 6.07 Å². The minimum absolute atomic E-state index is 0. The molecule has 26 heavy (non-hydrogen) atoms. The summed E-state index contributed by atoms with van der Waals surface area (Å²) in [6, 6.07) is 7.47. The topological polar surface area (TPSA) is 39.1 Å². The molecule has 1 aliphatic heterocycles. The summed E-state index contributed by atoms with van der Waals surface area (Å²) in [5.41, 5.74) is 0.240. The molecule has 0 aliphatic carbocycles. The number of ether oxygens (including phenoxy) is 1. The number of benzene rings is 2. The Kier molecular flexibility index (Phi) is 5.38. The first kappa shape index (κ1) is 18.5. The van der Waals surface area contributed by atoms with E-state index in [1.807, 2.05) is 0 Å². The fourth-order valence-corrected chi connectivity index (χ4v) is 3.08. The number of aromatic nitrogens is 2. The molecule has 0 saturated carbocycles. The van der Waals surface area contributed by atoms with E-state index >= 15 is 0 Å². The number of piperidine rings is 1. The van der Waals surface area contributed by atoms with Crippen LogP contribution in [-0.2, 0) is 0 Å². The lowest BCUT2D eigenvalue weighted by Crippen LogP contribution is -2.34. The summed E-state index contributed by atoms with van der Waals surface area (Å²) in [5.74, 6) is -1.66. The molecule has 1 aliphatic rings. The van der Waals surface area contributed by atoms with E-state index in [-0.39, 0.29) is 35.5 Å². The van der Waals surface area contributed by atoms with Gasteiger partial charge < -0.3 is 10.1 Å². The standard InChI is InChI=1S/C18H16F3N3O.ClH/c19-11-4-5-13(20)16(10-11)24-15-3-1-2-14(21)17(15)18(23-24)25-12-6-8-22-9-7-12;/h1-5,10,12,22H,6-9H2;1H. The van der Waals surface area contributed by atoms with Gasteiger partial charge >= 0.3 is 0 Å². The van der Waals surface area contributed by atoms with Gasteiger partial charge in [0.05, 0.1) is 10.9 Å². The van der Waals surface area contributed by atoms with E-state index in [0.29, 0.717) is 5.52 Å². The summed E-state index contributed by atoms with van der Waals surface area (Å²) in [7, 11) is 0. The smallest absolute Gasteiger partial charge is 0.244 e. The molecule has 0 atom stereocenters. The van der Waals surface area contributed by atoms with Crippen LogP contribution in [0.2, 0.25) is 0 Å². The van der Waals surface area contributed by atoms with Crippen molar-refractivity contribution in [3.8, 4) is 11.6 Å². The second kappa shape index (κ2) is 7.55. The molecule has 1 fully saturated rings. The minimum Gasteiger partial charge on any atom is -0.473 e. The first-order valence-corrected chi connectivity index (χ1v) is 8.13. The Balaban J connectivity index is 0.00000196. The van der Waals surface area contributed by atoms with Crippen molar-refractivity contribution in [2.75, 3.05) is 13.1 Å². The highest BCUT2D eigenvalue weighted by Crippen LogP contribution is 2.32. The van der Waals surface area contributed by atoms with Gasteiger partial charge in [0.1, 0.15) is 29.2 Å². The van der Waals surface area contributed by atoms with Crippen molar-refractivity contribution < 1.29 is 17.9 Å². The predicted octanol–water partition coefficient (Wildman–Crippen LogP) is 4.00. The molecule has 0 bridgehead atoms. The first-order valence-electron chi connectivity index (χ1n) is 8.13. The normalized spacial score (nSPS) is 15.0. The van der Waals surface area contributed by atoms with Crippen LogP contribution in [0.3, 0.4) is 0 Å². The Morgan fingerprint density at radius 3 is 2.58 bits per heavy atom. The predicted molar refractivity (Wildman–Crippen MR) is 94.7 cm³/mol. The van der Waals surface area contributed by atoms with E-state index < -0.39 is 17.5 Å². The highest BCUT2D eigenvalue weighted by molar-refractivity contribution is 5.86. The van der Waals surface area contributed by atoms with Gasteiger partial charge in [-0.15, -0.1) is 17.5 Å². The van der Waals surface area contributed by atoms with Gasteiger partial charge in [-0.3, -0.25) is 0 Å². The van der Waals surface area contributed by atoms with Gasteiger partial charge in [-0.2, -0.15) is 0 Å². The van der Waals surface area contributed by atoms with Gasteiger partial charge in [0.2, 0.25) is 5.88 Å². The van der Waals surface area contributed by atoms with Crippen molar-refractivity contribution in [2.24, 2.45) is 0 Å². The monoisotopic (exact) mass is 383 g/mol. The van der Waals surface area contributed by atoms with Crippen LogP contribution in [0.1, 0.15) is 12.8 Å². The van der Waals surface area contributed by atoms with E-state index in [2.05, 4.69) is 10.4 Å². The Morgan fingerprint density at radius 1 is 1.04 bits per heavy atom. The molecule has 2 aromatic carbocycles. The van der Waals surface area contributed by atoms with Crippen LogP contribution >= 0.6 is 12.4 Å². The van der Waals surface area contributed by atoms with Gasteiger partial charge in [0, 0.05) is 6.07 Å². The molecule has 1 saturated heterocycles. The van der Waals surface area contributed by atoms with E-state index in [1.165, 1.54) is 16.8 Å². The third-order valence-electron chi connectivity index (χ3n) is 4.33. The average Bonchev–Trinajstić information content (AvgIpc) is 2.98. The molecular weight excluding hydrogens is 367 g/mol. The lowest BCUT2D eigenvalue weighted by molar-refractivity contribution is 0.157. The van der Waals surface area contributed by atoms with E-state index in [4.69, 9.17) is 4.74 Å². The lowest BCUT2D eigenvalue weighted by atomic mass is 10.1. The minimum atomic E-state index is -0.650. The molecule has 3 aromatic rings. The number of hydrogen-bond donors (Lipinski definition) is 1. The Bertz CT molecular complexity index is 925. The summed E-state index contributed by atoms with van der Waals surface area (Å²) >= 11 is 0. The molecule has 0 radical (unpaired) electrons.